The van der Waals surface area contributed by atoms with Gasteiger partial charge in [-0.1, -0.05) is 72.8 Å². The lowest BCUT2D eigenvalue weighted by atomic mass is 9.90. The number of sulfonamides is 1. The van der Waals surface area contributed by atoms with Crippen LogP contribution in [0.4, 0.5) is 0 Å². The van der Waals surface area contributed by atoms with Gasteiger partial charge in [-0.05, 0) is 35.7 Å². The van der Waals surface area contributed by atoms with Crippen molar-refractivity contribution in [2.24, 2.45) is 5.14 Å². The lowest BCUT2D eigenvalue weighted by Crippen LogP contribution is -2.32. The average Bonchev–Trinajstić information content (AvgIpc) is 2.69. The molecule has 28 heavy (non-hydrogen) atoms. The Bertz CT molecular complexity index is 995. The molecule has 0 saturated carbocycles. The third-order valence-corrected chi connectivity index (χ3v) is 5.52. The van der Waals surface area contributed by atoms with Crippen molar-refractivity contribution in [3.63, 3.8) is 0 Å². The molecule has 3 aromatic carbocycles. The molecule has 0 radical (unpaired) electrons. The van der Waals surface area contributed by atoms with Crippen LogP contribution in [-0.4, -0.2) is 14.3 Å². The van der Waals surface area contributed by atoms with E-state index in [0.29, 0.717) is 0 Å². The average molecular weight is 394 g/mol. The zero-order valence-electron chi connectivity index (χ0n) is 15.4. The third-order valence-electron chi connectivity index (χ3n) is 4.60. The molecular weight excluding hydrogens is 372 g/mol. The van der Waals surface area contributed by atoms with Crippen molar-refractivity contribution in [3.05, 3.63) is 102 Å². The molecular formula is C22H22N2O3S. The largest absolute Gasteiger partial charge is 0.349 e. The molecule has 0 aliphatic carbocycles. The number of benzene rings is 3. The van der Waals surface area contributed by atoms with Crippen molar-refractivity contribution in [2.45, 2.75) is 23.8 Å². The number of carbonyl (C=O) groups excluding carboxylic acids is 1. The number of primary sulfonamides is 1. The maximum atomic E-state index is 13.1. The first-order valence-electron chi connectivity index (χ1n) is 8.89. The summed E-state index contributed by atoms with van der Waals surface area (Å²) in [4.78, 5) is 13.2. The van der Waals surface area contributed by atoms with Crippen molar-refractivity contribution in [2.75, 3.05) is 0 Å². The van der Waals surface area contributed by atoms with Gasteiger partial charge in [0.2, 0.25) is 15.9 Å². The summed E-state index contributed by atoms with van der Waals surface area (Å²) in [6.45, 7) is 1.86. The van der Waals surface area contributed by atoms with Crippen LogP contribution in [0.15, 0.2) is 89.8 Å². The minimum absolute atomic E-state index is 0.0428. The quantitative estimate of drug-likeness (QED) is 0.672. The van der Waals surface area contributed by atoms with Gasteiger partial charge in [0.1, 0.15) is 0 Å². The molecule has 0 fully saturated rings. The van der Waals surface area contributed by atoms with E-state index in [1.54, 1.807) is 12.1 Å². The van der Waals surface area contributed by atoms with Crippen LogP contribution >= 0.6 is 0 Å². The van der Waals surface area contributed by atoms with Gasteiger partial charge in [0.05, 0.1) is 16.9 Å². The fourth-order valence-electron chi connectivity index (χ4n) is 3.11. The Balaban J connectivity index is 1.84. The van der Waals surface area contributed by atoms with Gasteiger partial charge < -0.3 is 5.32 Å². The second-order valence-corrected chi connectivity index (χ2v) is 8.16. The van der Waals surface area contributed by atoms with Crippen molar-refractivity contribution >= 4 is 15.9 Å². The van der Waals surface area contributed by atoms with Gasteiger partial charge >= 0.3 is 0 Å². The van der Waals surface area contributed by atoms with E-state index in [1.807, 2.05) is 67.6 Å². The SMILES string of the molecule is C[C@@H](NC(=O)C(c1ccccc1)c1ccccc1)c1ccc(S(N)(=O)=O)cc1. The summed E-state index contributed by atoms with van der Waals surface area (Å²) in [6, 6.07) is 25.1. The van der Waals surface area contributed by atoms with E-state index in [0.717, 1.165) is 16.7 Å². The first-order valence-corrected chi connectivity index (χ1v) is 10.4. The van der Waals surface area contributed by atoms with Gasteiger partial charge in [-0.25, -0.2) is 13.6 Å². The molecule has 6 heteroatoms. The molecule has 1 amide bonds. The second-order valence-electron chi connectivity index (χ2n) is 6.60. The molecule has 0 aliphatic heterocycles. The Morgan fingerprint density at radius 2 is 1.25 bits per heavy atom. The van der Waals surface area contributed by atoms with Gasteiger partial charge in [0.25, 0.3) is 0 Å². The van der Waals surface area contributed by atoms with Gasteiger partial charge in [-0.15, -0.1) is 0 Å². The van der Waals surface area contributed by atoms with Gasteiger partial charge in [-0.2, -0.15) is 0 Å². The van der Waals surface area contributed by atoms with Crippen LogP contribution in [0.25, 0.3) is 0 Å². The summed E-state index contributed by atoms with van der Waals surface area (Å²) >= 11 is 0. The van der Waals surface area contributed by atoms with Gasteiger partial charge in [0.15, 0.2) is 0 Å². The number of rotatable bonds is 6. The van der Waals surface area contributed by atoms with E-state index in [9.17, 15) is 13.2 Å². The highest BCUT2D eigenvalue weighted by atomic mass is 32.2. The summed E-state index contributed by atoms with van der Waals surface area (Å²) in [5.74, 6) is -0.561. The number of hydrogen-bond acceptors (Lipinski definition) is 3. The standard InChI is InChI=1S/C22H22N2O3S/c1-16(17-12-14-20(15-13-17)28(23,26)27)24-22(25)21(18-8-4-2-5-9-18)19-10-6-3-7-11-19/h2-16,21H,1H3,(H,24,25)(H2,23,26,27)/t16-/m1/s1. The first-order chi connectivity index (χ1) is 13.4. The molecule has 144 valence electrons. The molecule has 3 rings (SSSR count). The normalized spacial score (nSPS) is 12.5. The minimum atomic E-state index is -3.74. The molecule has 0 aliphatic rings. The van der Waals surface area contributed by atoms with Gasteiger partial charge in [0, 0.05) is 0 Å². The van der Waals surface area contributed by atoms with E-state index in [2.05, 4.69) is 5.32 Å². The Kier molecular flexibility index (Phi) is 5.92. The van der Waals surface area contributed by atoms with E-state index >= 15 is 0 Å². The van der Waals surface area contributed by atoms with Crippen LogP contribution in [-0.2, 0) is 14.8 Å². The molecule has 0 spiro atoms. The Labute approximate surface area is 165 Å². The highest BCUT2D eigenvalue weighted by Crippen LogP contribution is 2.26. The molecule has 0 aromatic heterocycles. The number of carbonyl (C=O) groups is 1. The molecule has 1 atom stereocenters. The molecule has 3 N–H and O–H groups in total. The summed E-state index contributed by atoms with van der Waals surface area (Å²) in [5, 5.41) is 8.17. The fraction of sp³-hybridized carbons (Fsp3) is 0.136. The topological polar surface area (TPSA) is 89.3 Å². The number of nitrogens with two attached hydrogens (primary N) is 1. The smallest absolute Gasteiger partial charge is 0.238 e. The minimum Gasteiger partial charge on any atom is -0.349 e. The maximum Gasteiger partial charge on any atom is 0.238 e. The predicted molar refractivity (Wildman–Crippen MR) is 109 cm³/mol. The molecule has 0 heterocycles. The Morgan fingerprint density at radius 3 is 1.68 bits per heavy atom. The highest BCUT2D eigenvalue weighted by molar-refractivity contribution is 7.89. The molecule has 0 bridgehead atoms. The predicted octanol–water partition coefficient (Wildman–Crippen LogP) is 3.34. The summed E-state index contributed by atoms with van der Waals surface area (Å²) in [6.07, 6.45) is 0. The van der Waals surface area contributed by atoms with E-state index in [-0.39, 0.29) is 16.8 Å². The second kappa shape index (κ2) is 8.37. The lowest BCUT2D eigenvalue weighted by molar-refractivity contribution is -0.122. The van der Waals surface area contributed by atoms with Gasteiger partial charge in [-0.3, -0.25) is 4.79 Å². The van der Waals surface area contributed by atoms with Crippen LogP contribution in [0.5, 0.6) is 0 Å². The summed E-state index contributed by atoms with van der Waals surface area (Å²) < 4.78 is 22.8. The Morgan fingerprint density at radius 1 is 0.786 bits per heavy atom. The number of hydrogen-bond donors (Lipinski definition) is 2. The molecule has 0 unspecified atom stereocenters. The summed E-state index contributed by atoms with van der Waals surface area (Å²) in [7, 11) is -3.74. The molecule has 5 nitrogen and oxygen atoms in total. The maximum absolute atomic E-state index is 13.1. The highest BCUT2D eigenvalue weighted by Gasteiger charge is 2.24. The Hall–Kier alpha value is -2.96. The zero-order valence-corrected chi connectivity index (χ0v) is 16.3. The van der Waals surface area contributed by atoms with E-state index in [4.69, 9.17) is 5.14 Å². The van der Waals surface area contributed by atoms with Crippen LogP contribution in [0.1, 0.15) is 35.6 Å². The van der Waals surface area contributed by atoms with Crippen molar-refractivity contribution in [1.82, 2.24) is 5.32 Å². The third kappa shape index (κ3) is 4.65. The first kappa shape index (κ1) is 19.8. The lowest BCUT2D eigenvalue weighted by Gasteiger charge is -2.21. The van der Waals surface area contributed by atoms with Crippen LogP contribution in [0.2, 0.25) is 0 Å². The molecule has 0 saturated heterocycles. The van der Waals surface area contributed by atoms with E-state index < -0.39 is 15.9 Å². The summed E-state index contributed by atoms with van der Waals surface area (Å²) in [5.41, 5.74) is 2.60. The fourth-order valence-corrected chi connectivity index (χ4v) is 3.63. The zero-order chi connectivity index (χ0) is 20.1. The van der Waals surface area contributed by atoms with E-state index in [1.165, 1.54) is 12.1 Å². The number of nitrogens with one attached hydrogen (secondary N) is 1. The van der Waals surface area contributed by atoms with Crippen LogP contribution in [0.3, 0.4) is 0 Å². The van der Waals surface area contributed by atoms with Crippen molar-refractivity contribution in [3.8, 4) is 0 Å². The number of amides is 1. The van der Waals surface area contributed by atoms with Crippen LogP contribution < -0.4 is 10.5 Å². The monoisotopic (exact) mass is 394 g/mol. The van der Waals surface area contributed by atoms with Crippen molar-refractivity contribution in [1.29, 1.82) is 0 Å². The van der Waals surface area contributed by atoms with Crippen LogP contribution in [0, 0.1) is 0 Å². The van der Waals surface area contributed by atoms with Crippen molar-refractivity contribution < 1.29 is 13.2 Å². The molecule has 3 aromatic rings.